The zero-order valence-corrected chi connectivity index (χ0v) is 10.7. The molecule has 100 valence electrons. The van der Waals surface area contributed by atoms with Gasteiger partial charge in [0.2, 0.25) is 0 Å². The molecule has 1 aromatic rings. The second-order valence-electron chi connectivity index (χ2n) is 5.03. The summed E-state index contributed by atoms with van der Waals surface area (Å²) >= 11 is 0. The van der Waals surface area contributed by atoms with Crippen molar-refractivity contribution in [1.82, 2.24) is 20.8 Å². The van der Waals surface area contributed by atoms with Crippen molar-refractivity contribution >= 4 is 17.4 Å². The SMILES string of the molecule is Cc1[nH]nc(C2CCCNC2)c1C1=CC(=O)NC1=O. The van der Waals surface area contributed by atoms with E-state index in [1.807, 2.05) is 6.92 Å². The highest BCUT2D eigenvalue weighted by molar-refractivity contribution is 6.33. The first-order valence-corrected chi connectivity index (χ1v) is 6.50. The summed E-state index contributed by atoms with van der Waals surface area (Å²) < 4.78 is 0. The van der Waals surface area contributed by atoms with Crippen LogP contribution in [-0.4, -0.2) is 35.1 Å². The van der Waals surface area contributed by atoms with Crippen LogP contribution in [0.25, 0.3) is 5.57 Å². The molecule has 1 fully saturated rings. The summed E-state index contributed by atoms with van der Waals surface area (Å²) in [6.07, 6.45) is 3.51. The summed E-state index contributed by atoms with van der Waals surface area (Å²) in [4.78, 5) is 23.1. The predicted molar refractivity (Wildman–Crippen MR) is 69.3 cm³/mol. The van der Waals surface area contributed by atoms with Gasteiger partial charge in [-0.15, -0.1) is 0 Å². The lowest BCUT2D eigenvalue weighted by atomic mass is 9.90. The third-order valence-electron chi connectivity index (χ3n) is 3.68. The Morgan fingerprint density at radius 3 is 2.84 bits per heavy atom. The monoisotopic (exact) mass is 260 g/mol. The third-order valence-corrected chi connectivity index (χ3v) is 3.68. The van der Waals surface area contributed by atoms with Crippen LogP contribution in [0.5, 0.6) is 0 Å². The average molecular weight is 260 g/mol. The molecule has 1 aromatic heterocycles. The number of nitrogens with one attached hydrogen (secondary N) is 3. The highest BCUT2D eigenvalue weighted by Crippen LogP contribution is 2.31. The Balaban J connectivity index is 2.01. The number of nitrogens with zero attached hydrogens (tertiary/aromatic N) is 1. The molecule has 3 heterocycles. The topological polar surface area (TPSA) is 86.9 Å². The Morgan fingerprint density at radius 2 is 2.21 bits per heavy atom. The number of hydrogen-bond acceptors (Lipinski definition) is 4. The van der Waals surface area contributed by atoms with Crippen LogP contribution < -0.4 is 10.6 Å². The smallest absolute Gasteiger partial charge is 0.259 e. The summed E-state index contributed by atoms with van der Waals surface area (Å²) in [6.45, 7) is 3.76. The molecule has 0 bridgehead atoms. The van der Waals surface area contributed by atoms with Crippen LogP contribution >= 0.6 is 0 Å². The Labute approximate surface area is 110 Å². The van der Waals surface area contributed by atoms with Crippen molar-refractivity contribution in [1.29, 1.82) is 0 Å². The third kappa shape index (κ3) is 2.08. The summed E-state index contributed by atoms with van der Waals surface area (Å²) in [5, 5.41) is 12.9. The molecule has 6 heteroatoms. The number of hydrogen-bond donors (Lipinski definition) is 3. The van der Waals surface area contributed by atoms with Crippen LogP contribution in [0.15, 0.2) is 6.08 Å². The minimum absolute atomic E-state index is 0.290. The van der Waals surface area contributed by atoms with Crippen LogP contribution in [0.1, 0.15) is 35.7 Å². The molecule has 6 nitrogen and oxygen atoms in total. The minimum atomic E-state index is -0.353. The molecule has 2 aliphatic rings. The maximum absolute atomic E-state index is 11.8. The molecule has 3 N–H and O–H groups in total. The van der Waals surface area contributed by atoms with Crippen molar-refractivity contribution in [3.05, 3.63) is 23.0 Å². The lowest BCUT2D eigenvalue weighted by Crippen LogP contribution is -2.29. The molecule has 1 saturated heterocycles. The molecule has 2 amide bonds. The van der Waals surface area contributed by atoms with Crippen LogP contribution in [0.2, 0.25) is 0 Å². The molecular weight excluding hydrogens is 244 g/mol. The Kier molecular flexibility index (Phi) is 2.94. The molecule has 0 radical (unpaired) electrons. The number of H-pyrrole nitrogens is 1. The second-order valence-corrected chi connectivity index (χ2v) is 5.03. The fraction of sp³-hybridized carbons (Fsp3) is 0.462. The van der Waals surface area contributed by atoms with E-state index < -0.39 is 0 Å². The average Bonchev–Trinajstić information content (AvgIpc) is 2.93. The number of aromatic nitrogens is 2. The number of rotatable bonds is 2. The van der Waals surface area contributed by atoms with Crippen LogP contribution in [0.4, 0.5) is 0 Å². The van der Waals surface area contributed by atoms with E-state index in [4.69, 9.17) is 0 Å². The molecule has 1 unspecified atom stereocenters. The zero-order chi connectivity index (χ0) is 13.4. The zero-order valence-electron chi connectivity index (χ0n) is 10.7. The van der Waals surface area contributed by atoms with Gasteiger partial charge in [-0.05, 0) is 26.3 Å². The molecule has 0 aromatic carbocycles. The largest absolute Gasteiger partial charge is 0.316 e. The van der Waals surface area contributed by atoms with Gasteiger partial charge in [-0.3, -0.25) is 20.0 Å². The highest BCUT2D eigenvalue weighted by Gasteiger charge is 2.30. The molecule has 3 rings (SSSR count). The molecule has 2 aliphatic heterocycles. The van der Waals surface area contributed by atoms with E-state index in [9.17, 15) is 9.59 Å². The van der Waals surface area contributed by atoms with Crippen molar-refractivity contribution in [3.63, 3.8) is 0 Å². The molecule has 0 saturated carbocycles. The molecule has 0 spiro atoms. The van der Waals surface area contributed by atoms with Crippen LogP contribution in [0, 0.1) is 6.92 Å². The van der Waals surface area contributed by atoms with Gasteiger partial charge in [0.15, 0.2) is 0 Å². The van der Waals surface area contributed by atoms with Crippen LogP contribution in [0.3, 0.4) is 0 Å². The van der Waals surface area contributed by atoms with E-state index in [1.165, 1.54) is 6.08 Å². The number of aromatic amines is 1. The van der Waals surface area contributed by atoms with Crippen molar-refractivity contribution in [2.24, 2.45) is 0 Å². The lowest BCUT2D eigenvalue weighted by Gasteiger charge is -2.22. The number of carbonyl (C=O) groups is 2. The van der Waals surface area contributed by atoms with Gasteiger partial charge in [0.1, 0.15) is 0 Å². The maximum Gasteiger partial charge on any atom is 0.259 e. The van der Waals surface area contributed by atoms with E-state index in [-0.39, 0.29) is 17.7 Å². The van der Waals surface area contributed by atoms with Gasteiger partial charge in [0.25, 0.3) is 11.8 Å². The van der Waals surface area contributed by atoms with Gasteiger partial charge in [0.05, 0.1) is 11.3 Å². The van der Waals surface area contributed by atoms with E-state index in [2.05, 4.69) is 20.8 Å². The standard InChI is InChI=1S/C13H16N4O2/c1-7-11(9-5-10(18)15-13(9)19)12(17-16-7)8-3-2-4-14-6-8/h5,8,14H,2-4,6H2,1H3,(H,16,17)(H,15,18,19). The van der Waals surface area contributed by atoms with E-state index in [0.717, 1.165) is 42.9 Å². The summed E-state index contributed by atoms with van der Waals surface area (Å²) in [7, 11) is 0. The van der Waals surface area contributed by atoms with Gasteiger partial charge in [-0.2, -0.15) is 5.10 Å². The van der Waals surface area contributed by atoms with Gasteiger partial charge >= 0.3 is 0 Å². The molecular formula is C13H16N4O2. The molecule has 1 atom stereocenters. The first-order chi connectivity index (χ1) is 9.16. The second kappa shape index (κ2) is 4.62. The van der Waals surface area contributed by atoms with E-state index in [1.54, 1.807) is 0 Å². The summed E-state index contributed by atoms with van der Waals surface area (Å²) in [6, 6.07) is 0. The molecule has 0 aliphatic carbocycles. The number of carbonyl (C=O) groups excluding carboxylic acids is 2. The minimum Gasteiger partial charge on any atom is -0.316 e. The number of imide groups is 1. The van der Waals surface area contributed by atoms with Gasteiger partial charge in [-0.25, -0.2) is 0 Å². The first kappa shape index (κ1) is 12.1. The quantitative estimate of drug-likeness (QED) is 0.664. The molecule has 19 heavy (non-hydrogen) atoms. The first-order valence-electron chi connectivity index (χ1n) is 6.50. The fourth-order valence-corrected chi connectivity index (χ4v) is 2.77. The van der Waals surface area contributed by atoms with Crippen molar-refractivity contribution in [3.8, 4) is 0 Å². The number of amides is 2. The maximum atomic E-state index is 11.8. The highest BCUT2D eigenvalue weighted by atomic mass is 16.2. The lowest BCUT2D eigenvalue weighted by molar-refractivity contribution is -0.123. The number of piperidine rings is 1. The van der Waals surface area contributed by atoms with Gasteiger partial charge in [0, 0.05) is 29.8 Å². The van der Waals surface area contributed by atoms with Crippen LogP contribution in [-0.2, 0) is 9.59 Å². The van der Waals surface area contributed by atoms with E-state index >= 15 is 0 Å². The van der Waals surface area contributed by atoms with Gasteiger partial charge in [-0.1, -0.05) is 0 Å². The van der Waals surface area contributed by atoms with Crippen molar-refractivity contribution in [2.45, 2.75) is 25.7 Å². The van der Waals surface area contributed by atoms with E-state index in [0.29, 0.717) is 5.57 Å². The Hall–Kier alpha value is -1.95. The normalized spacial score (nSPS) is 23.4. The predicted octanol–water partition coefficient (Wildman–Crippen LogP) is 0.225. The Morgan fingerprint density at radius 1 is 1.37 bits per heavy atom. The Bertz CT molecular complexity index is 567. The summed E-state index contributed by atoms with van der Waals surface area (Å²) in [5.74, 6) is -0.397. The summed E-state index contributed by atoms with van der Waals surface area (Å²) in [5.41, 5.74) is 2.94. The number of aryl methyl sites for hydroxylation is 1. The van der Waals surface area contributed by atoms with Crippen molar-refractivity contribution in [2.75, 3.05) is 13.1 Å². The van der Waals surface area contributed by atoms with Gasteiger partial charge < -0.3 is 5.32 Å². The fourth-order valence-electron chi connectivity index (χ4n) is 2.77. The van der Waals surface area contributed by atoms with Crippen molar-refractivity contribution < 1.29 is 9.59 Å².